The highest BCUT2D eigenvalue weighted by atomic mass is 16.5. The Morgan fingerprint density at radius 3 is 2.35 bits per heavy atom. The van der Waals surface area contributed by atoms with Crippen molar-refractivity contribution in [3.8, 4) is 12.0 Å². The van der Waals surface area contributed by atoms with Crippen LogP contribution in [-0.4, -0.2) is 0 Å². The second-order valence-corrected chi connectivity index (χ2v) is 3.48. The molecule has 2 rings (SSSR count). The van der Waals surface area contributed by atoms with Gasteiger partial charge in [-0.3, -0.25) is 0 Å². The number of hydrogen-bond acceptors (Lipinski definition) is 2. The maximum absolute atomic E-state index is 8.53. The summed E-state index contributed by atoms with van der Waals surface area (Å²) in [5.74, 6) is 0.571. The van der Waals surface area contributed by atoms with Gasteiger partial charge in [-0.15, -0.1) is 5.26 Å². The number of hydrogen-bond donors (Lipinski definition) is 0. The second kappa shape index (κ2) is 5.53. The zero-order valence-electron chi connectivity index (χ0n) is 9.21. The van der Waals surface area contributed by atoms with Crippen LogP contribution in [0.4, 0.5) is 0 Å². The van der Waals surface area contributed by atoms with Gasteiger partial charge in [-0.05, 0) is 11.6 Å². The lowest BCUT2D eigenvalue weighted by atomic mass is 10.1. The van der Waals surface area contributed by atoms with Crippen LogP contribution < -0.4 is 4.74 Å². The first kappa shape index (κ1) is 11.0. The Morgan fingerprint density at radius 1 is 0.882 bits per heavy atom. The van der Waals surface area contributed by atoms with Gasteiger partial charge in [0.15, 0.2) is 0 Å². The van der Waals surface area contributed by atoms with E-state index in [2.05, 4.69) is 0 Å². The first-order chi connectivity index (χ1) is 8.40. The molecule has 0 fully saturated rings. The monoisotopic (exact) mass is 221 g/mol. The van der Waals surface area contributed by atoms with Gasteiger partial charge in [0.1, 0.15) is 5.75 Å². The van der Waals surface area contributed by atoms with Gasteiger partial charge in [-0.2, -0.15) is 0 Å². The molecule has 82 valence electrons. The van der Waals surface area contributed by atoms with Gasteiger partial charge >= 0.3 is 0 Å². The summed E-state index contributed by atoms with van der Waals surface area (Å²) in [6, 6.07) is 17.4. The van der Waals surface area contributed by atoms with E-state index in [0.29, 0.717) is 5.75 Å². The Labute approximate surface area is 100 Å². The molecule has 0 spiro atoms. The third-order valence-electron chi connectivity index (χ3n) is 2.33. The fourth-order valence-electron chi connectivity index (χ4n) is 1.51. The van der Waals surface area contributed by atoms with Crippen molar-refractivity contribution in [1.29, 1.82) is 5.26 Å². The molecular weight excluding hydrogens is 210 g/mol. The number of nitrogens with zero attached hydrogens (tertiary/aromatic N) is 1. The van der Waals surface area contributed by atoms with Crippen LogP contribution in [0.5, 0.6) is 5.75 Å². The summed E-state index contributed by atoms with van der Waals surface area (Å²) in [7, 11) is 0. The quantitative estimate of drug-likeness (QED) is 0.584. The number of rotatable bonds is 3. The molecule has 0 radical (unpaired) electrons. The van der Waals surface area contributed by atoms with Crippen molar-refractivity contribution in [2.45, 2.75) is 0 Å². The van der Waals surface area contributed by atoms with Crippen molar-refractivity contribution < 1.29 is 4.74 Å². The summed E-state index contributed by atoms with van der Waals surface area (Å²) in [5, 5.41) is 8.53. The van der Waals surface area contributed by atoms with Crippen molar-refractivity contribution in [2.24, 2.45) is 0 Å². The van der Waals surface area contributed by atoms with E-state index in [-0.39, 0.29) is 0 Å². The van der Waals surface area contributed by atoms with Gasteiger partial charge in [-0.1, -0.05) is 60.7 Å². The van der Waals surface area contributed by atoms with Gasteiger partial charge in [-0.25, -0.2) is 0 Å². The lowest BCUT2D eigenvalue weighted by Crippen LogP contribution is -1.84. The first-order valence-corrected chi connectivity index (χ1v) is 5.28. The molecule has 0 N–H and O–H groups in total. The number of ether oxygens (including phenoxy) is 1. The summed E-state index contributed by atoms with van der Waals surface area (Å²) in [6.07, 6.45) is 5.61. The Bertz CT molecular complexity index is 553. The third-order valence-corrected chi connectivity index (χ3v) is 2.33. The van der Waals surface area contributed by atoms with Crippen molar-refractivity contribution in [3.05, 3.63) is 65.7 Å². The van der Waals surface area contributed by atoms with E-state index in [1.807, 2.05) is 60.7 Å². The Kier molecular flexibility index (Phi) is 3.57. The van der Waals surface area contributed by atoms with Crippen LogP contribution in [0.3, 0.4) is 0 Å². The average molecular weight is 221 g/mol. The standard InChI is InChI=1S/C15H11NO/c16-12-17-15-9-5-4-8-14(15)11-10-13-6-2-1-3-7-13/h1-11H. The smallest absolute Gasteiger partial charge is 0.292 e. The summed E-state index contributed by atoms with van der Waals surface area (Å²) in [5.41, 5.74) is 2.00. The fourth-order valence-corrected chi connectivity index (χ4v) is 1.51. The molecule has 2 nitrogen and oxygen atoms in total. The molecule has 0 saturated heterocycles. The number of benzene rings is 2. The zero-order valence-corrected chi connectivity index (χ0v) is 9.21. The van der Waals surface area contributed by atoms with Crippen LogP contribution in [0, 0.1) is 11.5 Å². The van der Waals surface area contributed by atoms with E-state index in [1.54, 1.807) is 12.3 Å². The molecule has 0 aliphatic carbocycles. The van der Waals surface area contributed by atoms with E-state index in [4.69, 9.17) is 10.00 Å². The Balaban J connectivity index is 2.25. The van der Waals surface area contributed by atoms with Crippen LogP contribution in [0.2, 0.25) is 0 Å². The minimum Gasteiger partial charge on any atom is -0.387 e. The van der Waals surface area contributed by atoms with Crippen molar-refractivity contribution in [1.82, 2.24) is 0 Å². The molecule has 0 aliphatic heterocycles. The van der Waals surface area contributed by atoms with Crippen LogP contribution >= 0.6 is 0 Å². The minimum atomic E-state index is 0.571. The van der Waals surface area contributed by atoms with E-state index >= 15 is 0 Å². The molecule has 17 heavy (non-hydrogen) atoms. The molecule has 0 unspecified atom stereocenters. The third kappa shape index (κ3) is 2.96. The maximum Gasteiger partial charge on any atom is 0.292 e. The number of para-hydroxylation sites is 1. The molecule has 0 saturated carbocycles. The molecular formula is C15H11NO. The Morgan fingerprint density at radius 2 is 1.59 bits per heavy atom. The summed E-state index contributed by atoms with van der Waals surface area (Å²) >= 11 is 0. The van der Waals surface area contributed by atoms with Crippen molar-refractivity contribution >= 4 is 12.2 Å². The minimum absolute atomic E-state index is 0.571. The molecule has 0 atom stereocenters. The average Bonchev–Trinajstić information content (AvgIpc) is 2.39. The molecule has 0 heterocycles. The van der Waals surface area contributed by atoms with E-state index < -0.39 is 0 Å². The highest BCUT2D eigenvalue weighted by Gasteiger charge is 1.98. The molecule has 2 heteroatoms. The largest absolute Gasteiger partial charge is 0.387 e. The summed E-state index contributed by atoms with van der Waals surface area (Å²) in [6.45, 7) is 0. The van der Waals surface area contributed by atoms with Gasteiger partial charge in [0.25, 0.3) is 6.26 Å². The SMILES string of the molecule is N#COc1ccccc1C=Cc1ccccc1. The predicted octanol–water partition coefficient (Wildman–Crippen LogP) is 3.72. The van der Waals surface area contributed by atoms with E-state index in [1.165, 1.54) is 0 Å². The van der Waals surface area contributed by atoms with Gasteiger partial charge in [0.05, 0.1) is 0 Å². The summed E-state index contributed by atoms with van der Waals surface area (Å²) in [4.78, 5) is 0. The zero-order chi connectivity index (χ0) is 11.9. The van der Waals surface area contributed by atoms with Crippen LogP contribution in [0.15, 0.2) is 54.6 Å². The van der Waals surface area contributed by atoms with Crippen LogP contribution in [-0.2, 0) is 0 Å². The van der Waals surface area contributed by atoms with Crippen LogP contribution in [0.25, 0.3) is 12.2 Å². The molecule has 0 amide bonds. The van der Waals surface area contributed by atoms with Gasteiger partial charge in [0.2, 0.25) is 0 Å². The number of nitriles is 1. The van der Waals surface area contributed by atoms with Gasteiger partial charge < -0.3 is 4.74 Å². The highest BCUT2D eigenvalue weighted by molar-refractivity contribution is 5.72. The molecule has 2 aromatic rings. The van der Waals surface area contributed by atoms with E-state index in [0.717, 1.165) is 11.1 Å². The predicted molar refractivity (Wildman–Crippen MR) is 68.1 cm³/mol. The highest BCUT2D eigenvalue weighted by Crippen LogP contribution is 2.20. The van der Waals surface area contributed by atoms with Crippen LogP contribution in [0.1, 0.15) is 11.1 Å². The molecule has 2 aromatic carbocycles. The Hall–Kier alpha value is -2.53. The fraction of sp³-hybridized carbons (Fsp3) is 0. The molecule has 0 aliphatic rings. The lowest BCUT2D eigenvalue weighted by Gasteiger charge is -2.00. The summed E-state index contributed by atoms with van der Waals surface area (Å²) < 4.78 is 4.88. The molecule has 0 bridgehead atoms. The normalized spacial score (nSPS) is 10.1. The van der Waals surface area contributed by atoms with Crippen molar-refractivity contribution in [2.75, 3.05) is 0 Å². The first-order valence-electron chi connectivity index (χ1n) is 5.28. The molecule has 0 aromatic heterocycles. The second-order valence-electron chi connectivity index (χ2n) is 3.48. The topological polar surface area (TPSA) is 33.0 Å². The van der Waals surface area contributed by atoms with Crippen molar-refractivity contribution in [3.63, 3.8) is 0 Å². The maximum atomic E-state index is 8.53. The lowest BCUT2D eigenvalue weighted by molar-refractivity contribution is 0.506. The van der Waals surface area contributed by atoms with E-state index in [9.17, 15) is 0 Å². The van der Waals surface area contributed by atoms with Gasteiger partial charge in [0, 0.05) is 5.56 Å².